The third-order valence-electron chi connectivity index (χ3n) is 4.19. The van der Waals surface area contributed by atoms with Crippen molar-refractivity contribution in [2.75, 3.05) is 0 Å². The zero-order valence-corrected chi connectivity index (χ0v) is 14.0. The minimum atomic E-state index is -0.755. The summed E-state index contributed by atoms with van der Waals surface area (Å²) in [5.41, 5.74) is 2.56. The molecule has 0 saturated carbocycles. The van der Waals surface area contributed by atoms with E-state index in [1.807, 2.05) is 39.0 Å². The number of hydrogen-bond donors (Lipinski definition) is 2. The van der Waals surface area contributed by atoms with Crippen molar-refractivity contribution in [3.63, 3.8) is 0 Å². The molecular formula is C19H21NO4. The predicted octanol–water partition coefficient (Wildman–Crippen LogP) is 3.88. The number of aliphatic hydroxyl groups excluding tert-OH is 1. The first kappa shape index (κ1) is 16.3. The second-order valence-corrected chi connectivity index (χ2v) is 6.15. The van der Waals surface area contributed by atoms with E-state index in [2.05, 4.69) is 5.32 Å². The zero-order valence-electron chi connectivity index (χ0n) is 14.0. The van der Waals surface area contributed by atoms with Crippen molar-refractivity contribution in [3.05, 3.63) is 59.2 Å². The minimum Gasteiger partial charge on any atom is -0.467 e. The molecule has 0 radical (unpaired) electrons. The van der Waals surface area contributed by atoms with Crippen LogP contribution in [0.3, 0.4) is 0 Å². The van der Waals surface area contributed by atoms with E-state index in [1.54, 1.807) is 12.1 Å². The third-order valence-corrected chi connectivity index (χ3v) is 4.19. The SMILES string of the molecule is Cc1c(C(=O)N[C@H](C)C[C@H](O)c2ccco2)oc2c(C)cccc12. The van der Waals surface area contributed by atoms with Gasteiger partial charge in [0.05, 0.1) is 6.26 Å². The van der Waals surface area contributed by atoms with E-state index in [0.29, 0.717) is 17.9 Å². The molecule has 0 saturated heterocycles. The molecule has 2 aromatic heterocycles. The molecule has 0 spiro atoms. The Morgan fingerprint density at radius 3 is 2.71 bits per heavy atom. The summed E-state index contributed by atoms with van der Waals surface area (Å²) in [6.45, 7) is 5.67. The van der Waals surface area contributed by atoms with Gasteiger partial charge in [0.15, 0.2) is 5.76 Å². The Bertz CT molecular complexity index is 848. The van der Waals surface area contributed by atoms with Crippen LogP contribution >= 0.6 is 0 Å². The molecule has 0 aliphatic rings. The molecule has 0 fully saturated rings. The van der Waals surface area contributed by atoms with Gasteiger partial charge >= 0.3 is 0 Å². The molecule has 1 amide bonds. The van der Waals surface area contributed by atoms with Crippen LogP contribution in [0.1, 0.15) is 46.9 Å². The average molecular weight is 327 g/mol. The van der Waals surface area contributed by atoms with Gasteiger partial charge in [-0.25, -0.2) is 0 Å². The second-order valence-electron chi connectivity index (χ2n) is 6.15. The molecule has 0 unspecified atom stereocenters. The van der Waals surface area contributed by atoms with Crippen LogP contribution in [0.4, 0.5) is 0 Å². The van der Waals surface area contributed by atoms with Gasteiger partial charge in [-0.3, -0.25) is 4.79 Å². The molecule has 126 valence electrons. The molecule has 5 nitrogen and oxygen atoms in total. The number of benzene rings is 1. The molecule has 3 aromatic rings. The number of nitrogens with one attached hydrogen (secondary N) is 1. The Kier molecular flexibility index (Phi) is 4.44. The highest BCUT2D eigenvalue weighted by molar-refractivity contribution is 5.99. The first-order chi connectivity index (χ1) is 11.5. The monoisotopic (exact) mass is 327 g/mol. The van der Waals surface area contributed by atoms with Gasteiger partial charge in [0.1, 0.15) is 17.4 Å². The molecule has 2 heterocycles. The number of amides is 1. The summed E-state index contributed by atoms with van der Waals surface area (Å²) >= 11 is 0. The number of aryl methyl sites for hydroxylation is 2. The Hall–Kier alpha value is -2.53. The summed E-state index contributed by atoms with van der Waals surface area (Å²) in [6, 6.07) is 9.06. The van der Waals surface area contributed by atoms with Gasteiger partial charge in [-0.2, -0.15) is 0 Å². The molecule has 0 bridgehead atoms. The summed E-state index contributed by atoms with van der Waals surface area (Å²) in [7, 11) is 0. The van der Waals surface area contributed by atoms with Crippen molar-refractivity contribution in [2.24, 2.45) is 0 Å². The molecule has 2 atom stereocenters. The van der Waals surface area contributed by atoms with Crippen LogP contribution in [0, 0.1) is 13.8 Å². The van der Waals surface area contributed by atoms with Crippen LogP contribution in [0.2, 0.25) is 0 Å². The van der Waals surface area contributed by atoms with Crippen LogP contribution in [0.25, 0.3) is 11.0 Å². The summed E-state index contributed by atoms with van der Waals surface area (Å²) in [4.78, 5) is 12.5. The van der Waals surface area contributed by atoms with Crippen LogP contribution in [0.15, 0.2) is 45.4 Å². The van der Waals surface area contributed by atoms with Crippen molar-refractivity contribution in [1.82, 2.24) is 5.32 Å². The highest BCUT2D eigenvalue weighted by atomic mass is 16.4. The van der Waals surface area contributed by atoms with Crippen molar-refractivity contribution in [3.8, 4) is 0 Å². The van der Waals surface area contributed by atoms with E-state index < -0.39 is 6.10 Å². The standard InChI is InChI=1S/C19H21NO4/c1-11-6-4-7-14-13(3)18(24-17(11)14)19(22)20-12(2)10-15(21)16-8-5-9-23-16/h4-9,12,15,21H,10H2,1-3H3,(H,20,22)/t12-,15+/m1/s1. The van der Waals surface area contributed by atoms with Crippen LogP contribution in [0.5, 0.6) is 0 Å². The van der Waals surface area contributed by atoms with Crippen LogP contribution in [-0.2, 0) is 0 Å². The summed E-state index contributed by atoms with van der Waals surface area (Å²) < 4.78 is 11.0. The van der Waals surface area contributed by atoms with Gasteiger partial charge in [-0.15, -0.1) is 0 Å². The van der Waals surface area contributed by atoms with Crippen LogP contribution < -0.4 is 5.32 Å². The number of furan rings is 2. The largest absolute Gasteiger partial charge is 0.467 e. The first-order valence-corrected chi connectivity index (χ1v) is 7.98. The van der Waals surface area contributed by atoms with E-state index in [4.69, 9.17) is 8.83 Å². The van der Waals surface area contributed by atoms with Crippen molar-refractivity contribution in [1.29, 1.82) is 0 Å². The Morgan fingerprint density at radius 1 is 1.25 bits per heavy atom. The summed E-state index contributed by atoms with van der Waals surface area (Å²) in [5.74, 6) is 0.535. The van der Waals surface area contributed by atoms with E-state index in [0.717, 1.165) is 22.1 Å². The highest BCUT2D eigenvalue weighted by Gasteiger charge is 2.22. The van der Waals surface area contributed by atoms with E-state index in [1.165, 1.54) is 6.26 Å². The van der Waals surface area contributed by atoms with Gasteiger partial charge in [-0.05, 0) is 38.5 Å². The lowest BCUT2D eigenvalue weighted by molar-refractivity contribution is 0.0877. The molecule has 24 heavy (non-hydrogen) atoms. The third kappa shape index (κ3) is 3.08. The van der Waals surface area contributed by atoms with Crippen molar-refractivity contribution in [2.45, 2.75) is 39.3 Å². The Morgan fingerprint density at radius 2 is 2.04 bits per heavy atom. The normalized spacial score (nSPS) is 13.8. The smallest absolute Gasteiger partial charge is 0.287 e. The van der Waals surface area contributed by atoms with Crippen molar-refractivity contribution >= 4 is 16.9 Å². The number of carbonyl (C=O) groups excluding carboxylic acids is 1. The van der Waals surface area contributed by atoms with Gasteiger partial charge in [0.2, 0.25) is 0 Å². The highest BCUT2D eigenvalue weighted by Crippen LogP contribution is 2.28. The lowest BCUT2D eigenvalue weighted by Crippen LogP contribution is -2.33. The quantitative estimate of drug-likeness (QED) is 0.745. The van der Waals surface area contributed by atoms with Crippen molar-refractivity contribution < 1.29 is 18.7 Å². The molecule has 5 heteroatoms. The lowest BCUT2D eigenvalue weighted by Gasteiger charge is -2.16. The number of hydrogen-bond acceptors (Lipinski definition) is 4. The Labute approximate surface area is 140 Å². The minimum absolute atomic E-state index is 0.230. The predicted molar refractivity (Wildman–Crippen MR) is 90.9 cm³/mol. The van der Waals surface area contributed by atoms with Gasteiger partial charge in [0.25, 0.3) is 5.91 Å². The molecule has 2 N–H and O–H groups in total. The van der Waals surface area contributed by atoms with E-state index >= 15 is 0 Å². The maximum atomic E-state index is 12.5. The fourth-order valence-corrected chi connectivity index (χ4v) is 2.88. The molecule has 3 rings (SSSR count). The van der Waals surface area contributed by atoms with Gasteiger partial charge < -0.3 is 19.3 Å². The topological polar surface area (TPSA) is 75.6 Å². The molecule has 0 aliphatic carbocycles. The van der Waals surface area contributed by atoms with Crippen LogP contribution in [-0.4, -0.2) is 17.1 Å². The number of fused-ring (bicyclic) bond motifs is 1. The average Bonchev–Trinajstić information content (AvgIpc) is 3.16. The molecule has 0 aliphatic heterocycles. The summed E-state index contributed by atoms with van der Waals surface area (Å²) in [6.07, 6.45) is 1.12. The van der Waals surface area contributed by atoms with E-state index in [9.17, 15) is 9.90 Å². The zero-order chi connectivity index (χ0) is 17.3. The summed E-state index contributed by atoms with van der Waals surface area (Å²) in [5, 5.41) is 13.9. The number of rotatable bonds is 5. The maximum Gasteiger partial charge on any atom is 0.287 e. The molecule has 1 aromatic carbocycles. The fraction of sp³-hybridized carbons (Fsp3) is 0.316. The van der Waals surface area contributed by atoms with Gasteiger partial charge in [-0.1, -0.05) is 18.2 Å². The van der Waals surface area contributed by atoms with Gasteiger partial charge in [0, 0.05) is 23.4 Å². The van der Waals surface area contributed by atoms with E-state index in [-0.39, 0.29) is 11.9 Å². The first-order valence-electron chi connectivity index (χ1n) is 7.98. The molecular weight excluding hydrogens is 306 g/mol. The Balaban J connectivity index is 1.73. The number of para-hydroxylation sites is 1. The second kappa shape index (κ2) is 6.53. The number of aliphatic hydroxyl groups is 1. The fourth-order valence-electron chi connectivity index (χ4n) is 2.88. The lowest BCUT2D eigenvalue weighted by atomic mass is 10.1. The number of carbonyl (C=O) groups is 1. The maximum absolute atomic E-state index is 12.5.